The van der Waals surface area contributed by atoms with Crippen LogP contribution in [0.4, 0.5) is 0 Å². The Labute approximate surface area is 165 Å². The van der Waals surface area contributed by atoms with Gasteiger partial charge >= 0.3 is 0 Å². The molecular weight excluding hydrogens is 326 g/mol. The molecule has 0 aliphatic carbocycles. The first-order chi connectivity index (χ1) is 12.4. The molecule has 0 spiro atoms. The lowest BCUT2D eigenvalue weighted by atomic mass is 9.76. The summed E-state index contributed by atoms with van der Waals surface area (Å²) in [6.45, 7) is 18.3. The van der Waals surface area contributed by atoms with Crippen molar-refractivity contribution in [1.82, 2.24) is 0 Å². The lowest BCUT2D eigenvalue weighted by molar-refractivity contribution is -0.659. The highest BCUT2D eigenvalue weighted by molar-refractivity contribution is 5.94. The van der Waals surface area contributed by atoms with Crippen LogP contribution >= 0.6 is 0 Å². The van der Waals surface area contributed by atoms with Gasteiger partial charge in [-0.25, -0.2) is 4.57 Å². The minimum Gasteiger partial charge on any atom is -0.200 e. The van der Waals surface area contributed by atoms with Crippen molar-refractivity contribution in [2.45, 2.75) is 66.2 Å². The monoisotopic (exact) mass is 360 g/mol. The Morgan fingerprint density at radius 3 is 2.04 bits per heavy atom. The minimum atomic E-state index is 0.111. The first-order valence-electron chi connectivity index (χ1n) is 9.94. The van der Waals surface area contributed by atoms with E-state index >= 15 is 0 Å². The second-order valence-electron chi connectivity index (χ2n) is 10.1. The number of hydrogen-bond donors (Lipinski definition) is 0. The quantitative estimate of drug-likeness (QED) is 0.434. The van der Waals surface area contributed by atoms with Crippen LogP contribution < -0.4 is 4.57 Å². The summed E-state index contributed by atoms with van der Waals surface area (Å²) in [5.41, 5.74) is 8.41. The fraction of sp³-hybridized carbons (Fsp3) is 0.423. The molecule has 2 aromatic carbocycles. The molecule has 27 heavy (non-hydrogen) atoms. The largest absolute Gasteiger partial charge is 0.220 e. The van der Waals surface area contributed by atoms with Crippen molar-refractivity contribution < 1.29 is 4.57 Å². The van der Waals surface area contributed by atoms with Gasteiger partial charge in [0.05, 0.1) is 10.9 Å². The summed E-state index contributed by atoms with van der Waals surface area (Å²) in [5, 5.41) is 2.63. The lowest BCUT2D eigenvalue weighted by Gasteiger charge is -2.28. The van der Waals surface area contributed by atoms with Crippen LogP contribution in [-0.2, 0) is 17.9 Å². The minimum absolute atomic E-state index is 0.111. The molecular formula is C26H34N+. The van der Waals surface area contributed by atoms with Gasteiger partial charge in [0.25, 0.3) is 0 Å². The van der Waals surface area contributed by atoms with E-state index in [0.29, 0.717) is 0 Å². The van der Waals surface area contributed by atoms with Crippen LogP contribution in [0.25, 0.3) is 22.0 Å². The SMILES string of the molecule is Cc1ccc2c(-c3cc(C(C)(C)C)cc(C(C)(C)C)c3C)[n+](C)ccc2c1. The van der Waals surface area contributed by atoms with E-state index in [1.54, 1.807) is 0 Å². The Bertz CT molecular complexity index is 1010. The maximum atomic E-state index is 2.42. The van der Waals surface area contributed by atoms with Crippen LogP contribution in [0.15, 0.2) is 42.6 Å². The van der Waals surface area contributed by atoms with Crippen molar-refractivity contribution in [3.8, 4) is 11.3 Å². The van der Waals surface area contributed by atoms with E-state index in [1.807, 2.05) is 0 Å². The zero-order valence-electron chi connectivity index (χ0n) is 18.5. The number of hydrogen-bond acceptors (Lipinski definition) is 0. The van der Waals surface area contributed by atoms with Crippen molar-refractivity contribution in [2.24, 2.45) is 7.05 Å². The molecule has 0 unspecified atom stereocenters. The summed E-state index contributed by atoms with van der Waals surface area (Å²) in [7, 11) is 2.16. The Balaban J connectivity index is 2.45. The first kappa shape index (κ1) is 19.6. The molecule has 3 aromatic rings. The molecule has 0 atom stereocenters. The van der Waals surface area contributed by atoms with Crippen molar-refractivity contribution in [3.63, 3.8) is 0 Å². The van der Waals surface area contributed by atoms with E-state index in [9.17, 15) is 0 Å². The second-order valence-corrected chi connectivity index (χ2v) is 10.1. The zero-order valence-corrected chi connectivity index (χ0v) is 18.5. The van der Waals surface area contributed by atoms with E-state index in [4.69, 9.17) is 0 Å². The molecule has 1 heterocycles. The summed E-state index contributed by atoms with van der Waals surface area (Å²) in [4.78, 5) is 0. The Morgan fingerprint density at radius 1 is 0.778 bits per heavy atom. The summed E-state index contributed by atoms with van der Waals surface area (Å²) < 4.78 is 2.28. The third-order valence-corrected chi connectivity index (χ3v) is 5.63. The topological polar surface area (TPSA) is 3.88 Å². The van der Waals surface area contributed by atoms with Crippen LogP contribution in [0.1, 0.15) is 63.8 Å². The number of fused-ring (bicyclic) bond motifs is 1. The molecule has 0 radical (unpaired) electrons. The summed E-state index contributed by atoms with van der Waals surface area (Å²) >= 11 is 0. The molecule has 0 aliphatic rings. The maximum absolute atomic E-state index is 2.42. The highest BCUT2D eigenvalue weighted by Crippen LogP contribution is 2.38. The molecule has 0 N–H and O–H groups in total. The van der Waals surface area contributed by atoms with Crippen molar-refractivity contribution in [3.05, 3.63) is 64.8 Å². The van der Waals surface area contributed by atoms with E-state index in [2.05, 4.69) is 110 Å². The van der Waals surface area contributed by atoms with Crippen LogP contribution in [0, 0.1) is 13.8 Å². The number of aryl methyl sites for hydroxylation is 2. The average Bonchev–Trinajstić information content (AvgIpc) is 2.53. The molecule has 1 aromatic heterocycles. The molecule has 0 saturated carbocycles. The summed E-state index contributed by atoms with van der Waals surface area (Å²) in [6, 6.07) is 13.8. The van der Waals surface area contributed by atoms with Gasteiger partial charge in [0, 0.05) is 6.07 Å². The van der Waals surface area contributed by atoms with Gasteiger partial charge in [0.2, 0.25) is 5.69 Å². The molecule has 0 fully saturated rings. The van der Waals surface area contributed by atoms with Crippen molar-refractivity contribution in [2.75, 3.05) is 0 Å². The Hall–Kier alpha value is -2.15. The number of rotatable bonds is 1. The lowest BCUT2D eigenvalue weighted by Crippen LogP contribution is -2.31. The van der Waals surface area contributed by atoms with Gasteiger partial charge in [-0.05, 0) is 58.9 Å². The fourth-order valence-corrected chi connectivity index (χ4v) is 4.00. The number of pyridine rings is 1. The van der Waals surface area contributed by atoms with Gasteiger partial charge in [-0.2, -0.15) is 0 Å². The van der Waals surface area contributed by atoms with Crippen LogP contribution in [0.3, 0.4) is 0 Å². The molecule has 0 amide bonds. The molecule has 142 valence electrons. The summed E-state index contributed by atoms with van der Waals surface area (Å²) in [6.07, 6.45) is 2.19. The standard InChI is InChI=1S/C26H34N/c1-17-10-11-21-19(14-17)12-13-27(9)24(21)22-15-20(25(3,4)5)16-23(18(22)2)26(6,7)8/h10-16H,1-9H3/q+1. The smallest absolute Gasteiger partial charge is 0.200 e. The normalized spacial score (nSPS) is 12.6. The molecule has 0 aliphatic heterocycles. The van der Waals surface area contributed by atoms with Crippen LogP contribution in [0.5, 0.6) is 0 Å². The molecule has 3 rings (SSSR count). The summed E-state index contributed by atoms with van der Waals surface area (Å²) in [5.74, 6) is 0. The number of nitrogens with zero attached hydrogens (tertiary/aromatic N) is 1. The predicted molar refractivity (Wildman–Crippen MR) is 117 cm³/mol. The van der Waals surface area contributed by atoms with Gasteiger partial charge in [-0.1, -0.05) is 65.3 Å². The van der Waals surface area contributed by atoms with Crippen LogP contribution in [-0.4, -0.2) is 0 Å². The predicted octanol–water partition coefficient (Wildman–Crippen LogP) is 6.54. The Morgan fingerprint density at radius 2 is 1.44 bits per heavy atom. The zero-order chi connectivity index (χ0) is 20.1. The second kappa shape index (κ2) is 6.48. The van der Waals surface area contributed by atoms with Gasteiger partial charge < -0.3 is 0 Å². The molecule has 1 heteroatoms. The van der Waals surface area contributed by atoms with Crippen molar-refractivity contribution >= 4 is 10.8 Å². The number of aromatic nitrogens is 1. The van der Waals surface area contributed by atoms with Gasteiger partial charge in [-0.3, -0.25) is 0 Å². The molecule has 1 nitrogen and oxygen atoms in total. The van der Waals surface area contributed by atoms with E-state index < -0.39 is 0 Å². The third kappa shape index (κ3) is 3.65. The average molecular weight is 361 g/mol. The van der Waals surface area contributed by atoms with E-state index in [-0.39, 0.29) is 10.8 Å². The number of benzene rings is 2. The maximum Gasteiger partial charge on any atom is 0.220 e. The Kier molecular flexibility index (Phi) is 4.70. The fourth-order valence-electron chi connectivity index (χ4n) is 4.00. The van der Waals surface area contributed by atoms with Gasteiger partial charge in [0.15, 0.2) is 6.20 Å². The van der Waals surface area contributed by atoms with Gasteiger partial charge in [0.1, 0.15) is 7.05 Å². The van der Waals surface area contributed by atoms with Crippen molar-refractivity contribution in [1.29, 1.82) is 0 Å². The van der Waals surface area contributed by atoms with E-state index in [1.165, 1.54) is 44.3 Å². The van der Waals surface area contributed by atoms with E-state index in [0.717, 1.165) is 0 Å². The third-order valence-electron chi connectivity index (χ3n) is 5.63. The molecule has 0 saturated heterocycles. The van der Waals surface area contributed by atoms with Gasteiger partial charge in [-0.15, -0.1) is 0 Å². The first-order valence-corrected chi connectivity index (χ1v) is 9.94. The molecule has 0 bridgehead atoms. The van der Waals surface area contributed by atoms with Crippen LogP contribution in [0.2, 0.25) is 0 Å². The highest BCUT2D eigenvalue weighted by atomic mass is 14.9. The highest BCUT2D eigenvalue weighted by Gasteiger charge is 2.27.